The zero-order valence-corrected chi connectivity index (χ0v) is 13.8. The van der Waals surface area contributed by atoms with Crippen molar-refractivity contribution >= 4 is 38.4 Å². The average molecular weight is 387 g/mol. The maximum atomic E-state index is 12.6. The van der Waals surface area contributed by atoms with Gasteiger partial charge in [-0.3, -0.25) is 14.4 Å². The van der Waals surface area contributed by atoms with Gasteiger partial charge in [0.2, 0.25) is 5.91 Å². The van der Waals surface area contributed by atoms with Crippen LogP contribution in [0, 0.1) is 0 Å². The van der Waals surface area contributed by atoms with Crippen molar-refractivity contribution in [1.29, 1.82) is 0 Å². The van der Waals surface area contributed by atoms with E-state index in [1.54, 1.807) is 29.6 Å². The van der Waals surface area contributed by atoms with E-state index in [4.69, 9.17) is 0 Å². The monoisotopic (exact) mass is 387 g/mol. The first kappa shape index (κ1) is 18.0. The van der Waals surface area contributed by atoms with Gasteiger partial charge in [0.15, 0.2) is 0 Å². The van der Waals surface area contributed by atoms with Crippen molar-refractivity contribution in [3.8, 4) is 0 Å². The van der Waals surface area contributed by atoms with E-state index < -0.39 is 41.2 Å². The summed E-state index contributed by atoms with van der Waals surface area (Å²) in [6.45, 7) is -2.35. The van der Waals surface area contributed by atoms with E-state index in [2.05, 4.69) is 0 Å². The van der Waals surface area contributed by atoms with Gasteiger partial charge in [0.25, 0.3) is 10.0 Å². The molecular formula is C15H12F3N3O4S. The zero-order valence-electron chi connectivity index (χ0n) is 13.0. The lowest BCUT2D eigenvalue weighted by molar-refractivity contribution is -0.124. The van der Waals surface area contributed by atoms with Gasteiger partial charge in [-0.05, 0) is 17.5 Å². The van der Waals surface area contributed by atoms with Crippen molar-refractivity contribution < 1.29 is 31.2 Å². The summed E-state index contributed by atoms with van der Waals surface area (Å²) in [5.41, 5.74) is 0.268. The van der Waals surface area contributed by atoms with Crippen LogP contribution in [0.3, 0.4) is 0 Å². The first-order valence-corrected chi connectivity index (χ1v) is 8.72. The fraction of sp³-hybridized carbons (Fsp3) is 0.200. The summed E-state index contributed by atoms with van der Waals surface area (Å²) >= 11 is 0. The molecule has 2 aromatic rings. The first-order valence-electron chi connectivity index (χ1n) is 7.28. The Morgan fingerprint density at radius 3 is 2.38 bits per heavy atom. The number of nitrogens with one attached hydrogen (secondary N) is 2. The van der Waals surface area contributed by atoms with Gasteiger partial charge in [-0.25, -0.2) is 13.2 Å². The molecule has 3 rings (SSSR count). The van der Waals surface area contributed by atoms with Crippen molar-refractivity contribution in [3.63, 3.8) is 0 Å². The third-order valence-corrected chi connectivity index (χ3v) is 5.47. The average Bonchev–Trinajstić information content (AvgIpc) is 2.76. The van der Waals surface area contributed by atoms with Crippen LogP contribution >= 0.6 is 0 Å². The molecule has 0 aliphatic carbocycles. The highest BCUT2D eigenvalue weighted by molar-refractivity contribution is 7.93. The molecule has 0 spiro atoms. The van der Waals surface area contributed by atoms with Crippen LogP contribution in [0.4, 0.5) is 23.7 Å². The lowest BCUT2D eigenvalue weighted by Crippen LogP contribution is -2.47. The second-order valence-electron chi connectivity index (χ2n) is 5.49. The van der Waals surface area contributed by atoms with Crippen molar-refractivity contribution in [3.05, 3.63) is 36.4 Å². The number of halogens is 3. The maximum absolute atomic E-state index is 12.6. The number of alkyl halides is 3. The molecule has 1 aliphatic heterocycles. The summed E-state index contributed by atoms with van der Waals surface area (Å²) in [5, 5.41) is 4.26. The summed E-state index contributed by atoms with van der Waals surface area (Å²) in [6.07, 6.45) is -4.63. The number of rotatable bonds is 3. The fourth-order valence-corrected chi connectivity index (χ4v) is 4.32. The predicted octanol–water partition coefficient (Wildman–Crippen LogP) is 1.74. The van der Waals surface area contributed by atoms with E-state index >= 15 is 0 Å². The van der Waals surface area contributed by atoms with Crippen LogP contribution < -0.4 is 14.9 Å². The van der Waals surface area contributed by atoms with Crippen LogP contribution in [-0.2, 0) is 14.8 Å². The number of hydrogen-bond acceptors (Lipinski definition) is 4. The number of urea groups is 1. The van der Waals surface area contributed by atoms with E-state index in [-0.39, 0.29) is 10.6 Å². The van der Waals surface area contributed by atoms with Gasteiger partial charge in [-0.2, -0.15) is 13.2 Å². The third kappa shape index (κ3) is 3.29. The first-order chi connectivity index (χ1) is 12.1. The summed E-state index contributed by atoms with van der Waals surface area (Å²) in [7, 11) is -4.00. The van der Waals surface area contributed by atoms with Gasteiger partial charge in [-0.15, -0.1) is 0 Å². The number of amides is 3. The highest BCUT2D eigenvalue weighted by Crippen LogP contribution is 2.41. The van der Waals surface area contributed by atoms with Crippen molar-refractivity contribution in [2.24, 2.45) is 0 Å². The molecule has 0 saturated carbocycles. The van der Waals surface area contributed by atoms with E-state index in [0.717, 1.165) is 4.31 Å². The molecule has 1 aliphatic rings. The number of sulfonamides is 1. The van der Waals surface area contributed by atoms with Gasteiger partial charge >= 0.3 is 12.2 Å². The van der Waals surface area contributed by atoms with E-state index in [0.29, 0.717) is 10.8 Å². The molecule has 0 atom stereocenters. The molecule has 11 heteroatoms. The van der Waals surface area contributed by atoms with E-state index in [1.165, 1.54) is 17.4 Å². The topological polar surface area (TPSA) is 95.6 Å². The molecule has 1 heterocycles. The molecule has 0 aromatic heterocycles. The molecule has 0 saturated heterocycles. The minimum absolute atomic E-state index is 0.0277. The van der Waals surface area contributed by atoms with Crippen LogP contribution in [-0.4, -0.2) is 39.6 Å². The highest BCUT2D eigenvalue weighted by atomic mass is 32.2. The number of imide groups is 1. The Labute approximate surface area is 145 Å². The molecule has 0 fully saturated rings. The van der Waals surface area contributed by atoms with E-state index in [1.807, 2.05) is 0 Å². The molecule has 0 unspecified atom stereocenters. The maximum Gasteiger partial charge on any atom is 0.405 e. The van der Waals surface area contributed by atoms with Gasteiger partial charge in [-0.1, -0.05) is 24.3 Å². The second kappa shape index (κ2) is 6.16. The summed E-state index contributed by atoms with van der Waals surface area (Å²) in [5.74, 6) is -1.06. The number of benzene rings is 2. The number of nitrogens with zero attached hydrogens (tertiary/aromatic N) is 1. The third-order valence-electron chi connectivity index (χ3n) is 3.67. The van der Waals surface area contributed by atoms with Gasteiger partial charge < -0.3 is 5.32 Å². The molecule has 3 amide bonds. The number of anilines is 1. The Hall–Kier alpha value is -2.82. The van der Waals surface area contributed by atoms with Crippen LogP contribution in [0.25, 0.3) is 10.8 Å². The molecule has 138 valence electrons. The van der Waals surface area contributed by atoms with Crippen LogP contribution in [0.5, 0.6) is 0 Å². The Morgan fingerprint density at radius 1 is 1.08 bits per heavy atom. The fourth-order valence-electron chi connectivity index (χ4n) is 2.65. The van der Waals surface area contributed by atoms with Crippen molar-refractivity contribution in [1.82, 2.24) is 10.6 Å². The minimum Gasteiger partial charge on any atom is -0.329 e. The number of carbonyl (C=O) groups is 2. The summed E-state index contributed by atoms with van der Waals surface area (Å²) < 4.78 is 62.2. The van der Waals surface area contributed by atoms with Crippen LogP contribution in [0.1, 0.15) is 0 Å². The molecular weight excluding hydrogens is 375 g/mol. The zero-order chi connectivity index (χ0) is 19.1. The quantitative estimate of drug-likeness (QED) is 0.839. The number of carbonyl (C=O) groups excluding carboxylic acids is 2. The smallest absolute Gasteiger partial charge is 0.329 e. The van der Waals surface area contributed by atoms with Gasteiger partial charge in [0.1, 0.15) is 13.1 Å². The molecule has 26 heavy (non-hydrogen) atoms. The molecule has 0 radical (unpaired) electrons. The largest absolute Gasteiger partial charge is 0.405 e. The Kier molecular flexibility index (Phi) is 4.26. The predicted molar refractivity (Wildman–Crippen MR) is 86.1 cm³/mol. The normalized spacial score (nSPS) is 15.1. The van der Waals surface area contributed by atoms with E-state index in [9.17, 15) is 31.2 Å². The summed E-state index contributed by atoms with van der Waals surface area (Å²) in [6, 6.07) is 8.15. The molecule has 7 nitrogen and oxygen atoms in total. The molecule has 0 bridgehead atoms. The highest BCUT2D eigenvalue weighted by Gasteiger charge is 2.37. The van der Waals surface area contributed by atoms with Crippen molar-refractivity contribution in [2.75, 3.05) is 17.4 Å². The van der Waals surface area contributed by atoms with Gasteiger partial charge in [0, 0.05) is 5.39 Å². The SMILES string of the molecule is O=C(CN1c2cccc3cccc(c23)S1(=O)=O)NC(=O)NCC(F)(F)F. The number of hydrogen-bond donors (Lipinski definition) is 2. The molecule has 2 N–H and O–H groups in total. The van der Waals surface area contributed by atoms with Crippen LogP contribution in [0.15, 0.2) is 41.3 Å². The Balaban J connectivity index is 1.78. The standard InChI is InChI=1S/C15H12F3N3O4S/c16-15(17,18)8-19-14(23)20-12(22)7-21-10-5-1-3-9-4-2-6-11(13(9)10)26(21,24)25/h1-6H,7-8H2,(H2,19,20,22,23). The summed E-state index contributed by atoms with van der Waals surface area (Å²) in [4.78, 5) is 23.3. The lowest BCUT2D eigenvalue weighted by Gasteiger charge is -2.18. The van der Waals surface area contributed by atoms with Crippen LogP contribution in [0.2, 0.25) is 0 Å². The van der Waals surface area contributed by atoms with Crippen molar-refractivity contribution in [2.45, 2.75) is 11.1 Å². The Bertz CT molecular complexity index is 1000. The minimum atomic E-state index is -4.63. The Morgan fingerprint density at radius 2 is 1.73 bits per heavy atom. The molecule has 2 aromatic carbocycles. The van der Waals surface area contributed by atoms with Gasteiger partial charge in [0.05, 0.1) is 10.6 Å². The second-order valence-corrected chi connectivity index (χ2v) is 7.32. The lowest BCUT2D eigenvalue weighted by atomic mass is 10.1.